The number of methoxy groups -OCH3 is 1. The van der Waals surface area contributed by atoms with E-state index in [1.165, 1.54) is 19.1 Å². The van der Waals surface area contributed by atoms with Gasteiger partial charge in [0.15, 0.2) is 5.78 Å². The van der Waals surface area contributed by atoms with Crippen molar-refractivity contribution in [3.05, 3.63) is 35.4 Å². The van der Waals surface area contributed by atoms with Crippen LogP contribution in [-0.4, -0.2) is 54.3 Å². The molecule has 7 heteroatoms. The first-order valence-electron chi connectivity index (χ1n) is 9.16. The average molecular weight is 391 g/mol. The lowest BCUT2D eigenvalue weighted by Crippen LogP contribution is -2.46. The number of carbonyl (C=O) groups is 4. The Kier molecular flexibility index (Phi) is 8.35. The van der Waals surface area contributed by atoms with Gasteiger partial charge in [-0.05, 0) is 26.3 Å². The summed E-state index contributed by atoms with van der Waals surface area (Å²) in [5.74, 6) is -0.922. The van der Waals surface area contributed by atoms with Crippen LogP contribution < -0.4 is 0 Å². The fraction of sp³-hybridized carbons (Fsp3) is 0.524. The molecule has 0 saturated heterocycles. The molecule has 0 heterocycles. The van der Waals surface area contributed by atoms with Crippen molar-refractivity contribution in [3.8, 4) is 0 Å². The van der Waals surface area contributed by atoms with E-state index in [1.54, 1.807) is 52.0 Å². The van der Waals surface area contributed by atoms with E-state index < -0.39 is 23.7 Å². The number of rotatable bonds is 8. The summed E-state index contributed by atoms with van der Waals surface area (Å²) in [5.41, 5.74) is 0.481. The third-order valence-corrected chi connectivity index (χ3v) is 4.08. The zero-order valence-corrected chi connectivity index (χ0v) is 17.4. The zero-order valence-electron chi connectivity index (χ0n) is 17.4. The van der Waals surface area contributed by atoms with E-state index in [-0.39, 0.29) is 24.4 Å². The molecule has 0 aliphatic carbocycles. The minimum absolute atomic E-state index is 0.112. The van der Waals surface area contributed by atoms with Crippen LogP contribution >= 0.6 is 0 Å². The minimum atomic E-state index is -0.872. The first-order chi connectivity index (χ1) is 13.0. The highest BCUT2D eigenvalue weighted by Gasteiger charge is 2.31. The number of hydrogen-bond acceptors (Lipinski definition) is 6. The van der Waals surface area contributed by atoms with E-state index in [2.05, 4.69) is 0 Å². The number of Topliss-reactive ketones (excluding diaryl/α,β-unsaturated/α-hetero) is 2. The van der Waals surface area contributed by atoms with Crippen LogP contribution in [0.15, 0.2) is 24.3 Å². The molecule has 0 aliphatic rings. The fourth-order valence-electron chi connectivity index (χ4n) is 2.43. The quantitative estimate of drug-likeness (QED) is 0.384. The van der Waals surface area contributed by atoms with Crippen molar-refractivity contribution in [2.75, 3.05) is 14.2 Å². The number of benzene rings is 1. The molecular weight excluding hydrogens is 362 g/mol. The van der Waals surface area contributed by atoms with Gasteiger partial charge in [0.25, 0.3) is 0 Å². The van der Waals surface area contributed by atoms with Gasteiger partial charge in [0.1, 0.15) is 17.4 Å². The standard InChI is InChI=1S/C21H29NO6/c1-7-16(23)13-18(24)15-10-8-14(9-11-15)12-17(19(25)27-6)22(5)20(26)28-21(2,3)4/h8-11,17H,7,12-13H2,1-6H3. The molecule has 1 aromatic carbocycles. The molecular formula is C21H29NO6. The van der Waals surface area contributed by atoms with Crippen molar-refractivity contribution in [2.45, 2.75) is 58.6 Å². The van der Waals surface area contributed by atoms with Crippen molar-refractivity contribution in [1.29, 1.82) is 0 Å². The van der Waals surface area contributed by atoms with Gasteiger partial charge in [-0.1, -0.05) is 31.2 Å². The second-order valence-electron chi connectivity index (χ2n) is 7.52. The summed E-state index contributed by atoms with van der Waals surface area (Å²) in [6.45, 7) is 6.94. The number of ether oxygens (including phenoxy) is 2. The van der Waals surface area contributed by atoms with E-state index in [0.29, 0.717) is 12.0 Å². The minimum Gasteiger partial charge on any atom is -0.467 e. The van der Waals surface area contributed by atoms with Gasteiger partial charge in [0.2, 0.25) is 0 Å². The van der Waals surface area contributed by atoms with Crippen LogP contribution in [-0.2, 0) is 25.5 Å². The Morgan fingerprint density at radius 2 is 1.64 bits per heavy atom. The van der Waals surface area contributed by atoms with Crippen LogP contribution in [0, 0.1) is 0 Å². The van der Waals surface area contributed by atoms with Crippen molar-refractivity contribution >= 4 is 23.6 Å². The molecule has 0 N–H and O–H groups in total. The second-order valence-corrected chi connectivity index (χ2v) is 7.52. The molecule has 1 unspecified atom stereocenters. The molecule has 0 bridgehead atoms. The van der Waals surface area contributed by atoms with Gasteiger partial charge in [0, 0.05) is 25.5 Å². The largest absolute Gasteiger partial charge is 0.467 e. The molecule has 0 aliphatic heterocycles. The summed E-state index contributed by atoms with van der Waals surface area (Å²) in [7, 11) is 2.73. The summed E-state index contributed by atoms with van der Waals surface area (Å²) in [6.07, 6.45) is -0.234. The summed E-state index contributed by atoms with van der Waals surface area (Å²) < 4.78 is 10.1. The molecule has 1 atom stereocenters. The van der Waals surface area contributed by atoms with E-state index in [1.807, 2.05) is 0 Å². The van der Waals surface area contributed by atoms with E-state index in [0.717, 1.165) is 5.56 Å². The maximum absolute atomic E-state index is 12.3. The van der Waals surface area contributed by atoms with Gasteiger partial charge in [-0.25, -0.2) is 9.59 Å². The molecule has 28 heavy (non-hydrogen) atoms. The number of esters is 1. The Balaban J connectivity index is 2.92. The summed E-state index contributed by atoms with van der Waals surface area (Å²) in [4.78, 5) is 49.2. The van der Waals surface area contributed by atoms with Crippen LogP contribution in [0.1, 0.15) is 56.5 Å². The smallest absolute Gasteiger partial charge is 0.410 e. The van der Waals surface area contributed by atoms with Crippen LogP contribution in [0.4, 0.5) is 4.79 Å². The Morgan fingerprint density at radius 1 is 1.07 bits per heavy atom. The number of carbonyl (C=O) groups excluding carboxylic acids is 4. The summed E-state index contributed by atoms with van der Waals surface area (Å²) in [6, 6.07) is 5.75. The lowest BCUT2D eigenvalue weighted by Gasteiger charge is -2.29. The van der Waals surface area contributed by atoms with E-state index in [4.69, 9.17) is 9.47 Å². The molecule has 1 aromatic rings. The number of nitrogens with zero attached hydrogens (tertiary/aromatic N) is 1. The highest BCUT2D eigenvalue weighted by molar-refractivity contribution is 6.07. The predicted octanol–water partition coefficient (Wildman–Crippen LogP) is 3.19. The molecule has 1 rings (SSSR count). The van der Waals surface area contributed by atoms with Gasteiger partial charge in [-0.15, -0.1) is 0 Å². The van der Waals surface area contributed by atoms with Gasteiger partial charge >= 0.3 is 12.1 Å². The average Bonchev–Trinajstić information content (AvgIpc) is 2.63. The summed E-state index contributed by atoms with van der Waals surface area (Å²) in [5, 5.41) is 0. The topological polar surface area (TPSA) is 90.0 Å². The maximum Gasteiger partial charge on any atom is 0.410 e. The van der Waals surface area contributed by atoms with Crippen LogP contribution in [0.25, 0.3) is 0 Å². The first kappa shape index (κ1) is 23.3. The van der Waals surface area contributed by atoms with Gasteiger partial charge in [0.05, 0.1) is 13.5 Å². The molecule has 154 valence electrons. The van der Waals surface area contributed by atoms with Gasteiger partial charge in [-0.3, -0.25) is 14.5 Å². The monoisotopic (exact) mass is 391 g/mol. The number of hydrogen-bond donors (Lipinski definition) is 0. The van der Waals surface area contributed by atoms with Crippen molar-refractivity contribution in [2.24, 2.45) is 0 Å². The molecule has 0 fully saturated rings. The fourth-order valence-corrected chi connectivity index (χ4v) is 2.43. The van der Waals surface area contributed by atoms with Gasteiger partial charge in [-0.2, -0.15) is 0 Å². The molecule has 0 radical (unpaired) electrons. The second kappa shape index (κ2) is 10.0. The molecule has 1 amide bonds. The molecule has 7 nitrogen and oxygen atoms in total. The first-order valence-corrected chi connectivity index (χ1v) is 9.16. The van der Waals surface area contributed by atoms with Crippen LogP contribution in [0.2, 0.25) is 0 Å². The Hall–Kier alpha value is -2.70. The molecule has 0 aromatic heterocycles. The van der Waals surface area contributed by atoms with Crippen LogP contribution in [0.5, 0.6) is 0 Å². The van der Waals surface area contributed by atoms with Crippen molar-refractivity contribution < 1.29 is 28.7 Å². The maximum atomic E-state index is 12.3. The zero-order chi connectivity index (χ0) is 21.5. The molecule has 0 saturated carbocycles. The third-order valence-electron chi connectivity index (χ3n) is 4.08. The van der Waals surface area contributed by atoms with Crippen LogP contribution in [0.3, 0.4) is 0 Å². The normalized spacial score (nSPS) is 12.1. The molecule has 0 spiro atoms. The highest BCUT2D eigenvalue weighted by Crippen LogP contribution is 2.16. The van der Waals surface area contributed by atoms with E-state index >= 15 is 0 Å². The van der Waals surface area contributed by atoms with Gasteiger partial charge < -0.3 is 9.47 Å². The Morgan fingerprint density at radius 3 is 2.11 bits per heavy atom. The summed E-state index contributed by atoms with van der Waals surface area (Å²) >= 11 is 0. The Bertz CT molecular complexity index is 717. The Labute approximate surface area is 166 Å². The predicted molar refractivity (Wildman–Crippen MR) is 104 cm³/mol. The lowest BCUT2D eigenvalue weighted by atomic mass is 10.00. The van der Waals surface area contributed by atoms with Crippen molar-refractivity contribution in [3.63, 3.8) is 0 Å². The highest BCUT2D eigenvalue weighted by atomic mass is 16.6. The van der Waals surface area contributed by atoms with E-state index in [9.17, 15) is 19.2 Å². The number of amides is 1. The third kappa shape index (κ3) is 7.13. The van der Waals surface area contributed by atoms with Crippen molar-refractivity contribution in [1.82, 2.24) is 4.90 Å². The number of likely N-dealkylation sites (N-methyl/N-ethyl adjacent to an activating group) is 1. The number of ketones is 2. The lowest BCUT2D eigenvalue weighted by molar-refractivity contribution is -0.146. The SMILES string of the molecule is CCC(=O)CC(=O)c1ccc(CC(C(=O)OC)N(C)C(=O)OC(C)(C)C)cc1.